The van der Waals surface area contributed by atoms with Gasteiger partial charge in [-0.2, -0.15) is 0 Å². The molecular weight excluding hydrogens is 254 g/mol. The fourth-order valence-corrected chi connectivity index (χ4v) is 3.18. The Morgan fingerprint density at radius 3 is 2.68 bits per heavy atom. The molecule has 1 aromatic heterocycles. The first-order valence-electron chi connectivity index (χ1n) is 6.63. The van der Waals surface area contributed by atoms with E-state index >= 15 is 0 Å². The van der Waals surface area contributed by atoms with Crippen LogP contribution in [0.15, 0.2) is 35.7 Å². The monoisotopic (exact) mass is 275 g/mol. The van der Waals surface area contributed by atoms with Crippen molar-refractivity contribution in [1.29, 1.82) is 0 Å². The molecule has 1 atom stereocenters. The average Bonchev–Trinajstić information content (AvgIpc) is 2.87. The first kappa shape index (κ1) is 14.1. The van der Waals surface area contributed by atoms with Gasteiger partial charge in [0.05, 0.1) is 0 Å². The van der Waals surface area contributed by atoms with Crippen molar-refractivity contribution in [3.63, 3.8) is 0 Å². The Kier molecular flexibility index (Phi) is 4.61. The van der Waals surface area contributed by atoms with Gasteiger partial charge >= 0.3 is 0 Å². The molecule has 0 aliphatic carbocycles. The van der Waals surface area contributed by atoms with Gasteiger partial charge < -0.3 is 10.4 Å². The molecule has 0 amide bonds. The van der Waals surface area contributed by atoms with E-state index in [1.54, 1.807) is 17.4 Å². The van der Waals surface area contributed by atoms with Crippen molar-refractivity contribution >= 4 is 11.3 Å². The van der Waals surface area contributed by atoms with Crippen molar-refractivity contribution in [2.75, 3.05) is 0 Å². The molecule has 0 aliphatic rings. The number of phenols is 1. The third kappa shape index (κ3) is 3.58. The number of aryl methyl sites for hydroxylation is 1. The van der Waals surface area contributed by atoms with E-state index in [0.717, 1.165) is 5.56 Å². The number of aromatic hydroxyl groups is 1. The lowest BCUT2D eigenvalue weighted by atomic mass is 10.0. The summed E-state index contributed by atoms with van der Waals surface area (Å²) in [5, 5.41) is 15.5. The third-order valence-corrected chi connectivity index (χ3v) is 4.22. The smallest absolute Gasteiger partial charge is 0.120 e. The molecular formula is C16H21NOS. The van der Waals surface area contributed by atoms with Crippen LogP contribution in [0, 0.1) is 12.8 Å². The summed E-state index contributed by atoms with van der Waals surface area (Å²) in [6, 6.07) is 10.3. The van der Waals surface area contributed by atoms with Crippen LogP contribution in [0.25, 0.3) is 0 Å². The molecule has 0 aliphatic heterocycles. The summed E-state index contributed by atoms with van der Waals surface area (Å²) < 4.78 is 0. The molecule has 1 heterocycles. The summed E-state index contributed by atoms with van der Waals surface area (Å²) in [7, 11) is 0. The highest BCUT2D eigenvalue weighted by Gasteiger charge is 2.16. The maximum Gasteiger partial charge on any atom is 0.120 e. The van der Waals surface area contributed by atoms with Crippen LogP contribution in [0.4, 0.5) is 0 Å². The lowest BCUT2D eigenvalue weighted by Gasteiger charge is -2.21. The molecule has 2 N–H and O–H groups in total. The summed E-state index contributed by atoms with van der Waals surface area (Å²) in [5.74, 6) is 0.886. The first-order valence-corrected chi connectivity index (χ1v) is 7.51. The zero-order valence-electron chi connectivity index (χ0n) is 11.7. The first-order chi connectivity index (χ1) is 9.08. The summed E-state index contributed by atoms with van der Waals surface area (Å²) in [6.07, 6.45) is 0. The van der Waals surface area contributed by atoms with Gasteiger partial charge in [-0.1, -0.05) is 37.6 Å². The topological polar surface area (TPSA) is 32.3 Å². The van der Waals surface area contributed by atoms with E-state index in [1.165, 1.54) is 10.4 Å². The van der Waals surface area contributed by atoms with Gasteiger partial charge in [-0.3, -0.25) is 0 Å². The van der Waals surface area contributed by atoms with Crippen molar-refractivity contribution in [3.8, 4) is 5.75 Å². The van der Waals surface area contributed by atoms with Gasteiger partial charge in [-0.15, -0.1) is 11.3 Å². The van der Waals surface area contributed by atoms with Gasteiger partial charge in [0.15, 0.2) is 0 Å². The fraction of sp³-hybridized carbons (Fsp3) is 0.375. The van der Waals surface area contributed by atoms with E-state index in [-0.39, 0.29) is 0 Å². The number of rotatable bonds is 5. The van der Waals surface area contributed by atoms with Gasteiger partial charge in [0, 0.05) is 23.0 Å². The van der Waals surface area contributed by atoms with Crippen molar-refractivity contribution in [2.24, 2.45) is 5.92 Å². The lowest BCUT2D eigenvalue weighted by Crippen LogP contribution is -2.24. The number of hydrogen-bond acceptors (Lipinski definition) is 3. The van der Waals surface area contributed by atoms with Crippen LogP contribution >= 0.6 is 11.3 Å². The summed E-state index contributed by atoms with van der Waals surface area (Å²) in [4.78, 5) is 1.35. The Morgan fingerprint density at radius 2 is 2.05 bits per heavy atom. The van der Waals surface area contributed by atoms with Gasteiger partial charge in [-0.05, 0) is 30.4 Å². The zero-order valence-corrected chi connectivity index (χ0v) is 12.5. The van der Waals surface area contributed by atoms with Crippen LogP contribution in [-0.2, 0) is 6.54 Å². The van der Waals surface area contributed by atoms with E-state index in [9.17, 15) is 5.11 Å². The molecule has 0 saturated carbocycles. The lowest BCUT2D eigenvalue weighted by molar-refractivity contribution is 0.407. The van der Waals surface area contributed by atoms with Gasteiger partial charge in [-0.25, -0.2) is 0 Å². The van der Waals surface area contributed by atoms with Crippen LogP contribution in [0.2, 0.25) is 0 Å². The van der Waals surface area contributed by atoms with Crippen LogP contribution in [0.5, 0.6) is 5.75 Å². The number of thiophene rings is 1. The van der Waals surface area contributed by atoms with Gasteiger partial charge in [0.1, 0.15) is 5.75 Å². The molecule has 19 heavy (non-hydrogen) atoms. The quantitative estimate of drug-likeness (QED) is 0.855. The molecule has 1 unspecified atom stereocenters. The molecule has 102 valence electrons. The predicted octanol–water partition coefficient (Wildman–Crippen LogP) is 4.25. The summed E-state index contributed by atoms with van der Waals surface area (Å²) >= 11 is 1.78. The molecule has 2 aromatic rings. The average molecular weight is 275 g/mol. The molecule has 3 heteroatoms. The van der Waals surface area contributed by atoms with Crippen LogP contribution in [-0.4, -0.2) is 5.11 Å². The van der Waals surface area contributed by atoms with Crippen molar-refractivity contribution in [2.45, 2.75) is 33.4 Å². The largest absolute Gasteiger partial charge is 0.508 e. The molecule has 0 fully saturated rings. The van der Waals surface area contributed by atoms with E-state index in [4.69, 9.17) is 0 Å². The number of hydrogen-bond donors (Lipinski definition) is 2. The van der Waals surface area contributed by atoms with Crippen LogP contribution in [0.1, 0.15) is 35.9 Å². The summed E-state index contributed by atoms with van der Waals surface area (Å²) in [5.41, 5.74) is 2.13. The van der Waals surface area contributed by atoms with E-state index in [0.29, 0.717) is 24.3 Å². The van der Waals surface area contributed by atoms with Crippen LogP contribution < -0.4 is 5.32 Å². The fourth-order valence-electron chi connectivity index (χ4n) is 2.21. The second-order valence-electron chi connectivity index (χ2n) is 5.25. The normalized spacial score (nSPS) is 12.8. The minimum Gasteiger partial charge on any atom is -0.508 e. The highest BCUT2D eigenvalue weighted by atomic mass is 32.1. The Morgan fingerprint density at radius 1 is 1.26 bits per heavy atom. The number of benzene rings is 1. The third-order valence-electron chi connectivity index (χ3n) is 3.26. The predicted molar refractivity (Wildman–Crippen MR) is 81.6 cm³/mol. The second kappa shape index (κ2) is 6.22. The van der Waals surface area contributed by atoms with E-state index in [2.05, 4.69) is 36.7 Å². The zero-order chi connectivity index (χ0) is 13.8. The van der Waals surface area contributed by atoms with E-state index in [1.807, 2.05) is 19.1 Å². The number of nitrogens with one attached hydrogen (secondary N) is 1. The molecule has 0 bridgehead atoms. The Bertz CT molecular complexity index is 520. The molecule has 0 radical (unpaired) electrons. The standard InChI is InChI=1S/C16H21NOS/c1-11(2)16(15-5-4-8-19-15)17-10-13-9-12(3)6-7-14(13)18/h4-9,11,16-18H,10H2,1-3H3. The highest BCUT2D eigenvalue weighted by molar-refractivity contribution is 7.10. The maximum absolute atomic E-state index is 9.88. The van der Waals surface area contributed by atoms with Gasteiger partial charge in [0.25, 0.3) is 0 Å². The van der Waals surface area contributed by atoms with E-state index < -0.39 is 0 Å². The minimum absolute atomic E-state index is 0.333. The molecule has 1 aromatic carbocycles. The Hall–Kier alpha value is -1.32. The minimum atomic E-state index is 0.333. The Balaban J connectivity index is 2.09. The maximum atomic E-state index is 9.88. The van der Waals surface area contributed by atoms with Crippen molar-refractivity contribution in [3.05, 3.63) is 51.7 Å². The number of phenolic OH excluding ortho intramolecular Hbond substituents is 1. The van der Waals surface area contributed by atoms with Crippen LogP contribution in [0.3, 0.4) is 0 Å². The van der Waals surface area contributed by atoms with Crippen molar-refractivity contribution in [1.82, 2.24) is 5.32 Å². The summed E-state index contributed by atoms with van der Waals surface area (Å²) in [6.45, 7) is 7.16. The SMILES string of the molecule is Cc1ccc(O)c(CNC(c2cccs2)C(C)C)c1. The highest BCUT2D eigenvalue weighted by Crippen LogP contribution is 2.27. The molecule has 0 saturated heterocycles. The van der Waals surface area contributed by atoms with Gasteiger partial charge in [0.2, 0.25) is 0 Å². The van der Waals surface area contributed by atoms with Crippen molar-refractivity contribution < 1.29 is 5.11 Å². The molecule has 2 nitrogen and oxygen atoms in total. The Labute approximate surface area is 119 Å². The second-order valence-corrected chi connectivity index (χ2v) is 6.23. The molecule has 0 spiro atoms. The molecule has 2 rings (SSSR count).